The number of hydrogen-bond acceptors (Lipinski definition) is 5. The molecule has 122 valence electrons. The summed E-state index contributed by atoms with van der Waals surface area (Å²) >= 11 is 0. The molecule has 23 heavy (non-hydrogen) atoms. The second-order valence-electron chi connectivity index (χ2n) is 5.15. The molecule has 0 bridgehead atoms. The molecule has 0 radical (unpaired) electrons. The molecule has 1 atom stereocenters. The van der Waals surface area contributed by atoms with Crippen LogP contribution in [0.1, 0.15) is 40.5 Å². The number of hydrogen-bond donors (Lipinski definition) is 1. The number of rotatable bonds is 5. The van der Waals surface area contributed by atoms with Crippen molar-refractivity contribution in [3.8, 4) is 5.75 Å². The normalized spacial score (nSPS) is 17.4. The van der Waals surface area contributed by atoms with Gasteiger partial charge in [0.25, 0.3) is 5.91 Å². The number of aldehydes is 1. The summed E-state index contributed by atoms with van der Waals surface area (Å²) in [7, 11) is 1.48. The summed E-state index contributed by atoms with van der Waals surface area (Å²) in [4.78, 5) is 48.3. The predicted octanol–water partition coefficient (Wildman–Crippen LogP) is 0.775. The number of carbonyl (C=O) groups excluding carboxylic acids is 4. The Morgan fingerprint density at radius 3 is 2.78 bits per heavy atom. The molecule has 1 saturated heterocycles. The van der Waals surface area contributed by atoms with E-state index in [2.05, 4.69) is 5.32 Å². The van der Waals surface area contributed by atoms with E-state index in [4.69, 9.17) is 4.74 Å². The van der Waals surface area contributed by atoms with Crippen molar-refractivity contribution in [2.45, 2.75) is 25.8 Å². The van der Waals surface area contributed by atoms with Crippen LogP contribution in [0, 0.1) is 0 Å². The second kappa shape index (κ2) is 7.04. The van der Waals surface area contributed by atoms with E-state index in [-0.39, 0.29) is 29.9 Å². The number of carbonyl (C=O) groups is 4. The number of piperidine rings is 1. The SMILES string of the molecule is CCOc1cccc(C(=O)N(C)C2CCC(=O)NC2=O)c1C=O. The van der Waals surface area contributed by atoms with Gasteiger partial charge in [0.15, 0.2) is 6.29 Å². The topological polar surface area (TPSA) is 92.8 Å². The minimum absolute atomic E-state index is 0.151. The van der Waals surface area contributed by atoms with Gasteiger partial charge in [-0.25, -0.2) is 0 Å². The minimum atomic E-state index is -0.740. The highest BCUT2D eigenvalue weighted by Crippen LogP contribution is 2.23. The molecular weight excluding hydrogens is 300 g/mol. The van der Waals surface area contributed by atoms with Crippen molar-refractivity contribution >= 4 is 24.0 Å². The molecule has 1 aromatic carbocycles. The van der Waals surface area contributed by atoms with Gasteiger partial charge >= 0.3 is 0 Å². The van der Waals surface area contributed by atoms with E-state index in [1.165, 1.54) is 18.0 Å². The second-order valence-corrected chi connectivity index (χ2v) is 5.15. The van der Waals surface area contributed by atoms with E-state index in [1.807, 2.05) is 0 Å². The fraction of sp³-hybridized carbons (Fsp3) is 0.375. The van der Waals surface area contributed by atoms with E-state index in [0.29, 0.717) is 18.6 Å². The lowest BCUT2D eigenvalue weighted by molar-refractivity contribution is -0.136. The van der Waals surface area contributed by atoms with Crippen molar-refractivity contribution in [1.29, 1.82) is 0 Å². The van der Waals surface area contributed by atoms with Gasteiger partial charge in [0.1, 0.15) is 11.8 Å². The maximum Gasteiger partial charge on any atom is 0.255 e. The van der Waals surface area contributed by atoms with Crippen LogP contribution in [0.25, 0.3) is 0 Å². The highest BCUT2D eigenvalue weighted by Gasteiger charge is 2.33. The quantitative estimate of drug-likeness (QED) is 0.639. The van der Waals surface area contributed by atoms with Crippen molar-refractivity contribution in [2.24, 2.45) is 0 Å². The third-order valence-corrected chi connectivity index (χ3v) is 3.71. The van der Waals surface area contributed by atoms with Gasteiger partial charge in [-0.2, -0.15) is 0 Å². The Balaban J connectivity index is 2.29. The number of nitrogens with zero attached hydrogens (tertiary/aromatic N) is 1. The predicted molar refractivity (Wildman–Crippen MR) is 81.3 cm³/mol. The number of benzene rings is 1. The summed E-state index contributed by atoms with van der Waals surface area (Å²) in [6, 6.07) is 3.99. The standard InChI is InChI=1S/C16H18N2O5/c1-3-23-13-6-4-5-10(11(13)9-19)16(22)18(2)12-7-8-14(20)17-15(12)21/h4-6,9,12H,3,7-8H2,1-2H3,(H,17,20,21). The first kappa shape index (κ1) is 16.7. The fourth-order valence-electron chi connectivity index (χ4n) is 2.52. The zero-order chi connectivity index (χ0) is 17.0. The maximum atomic E-state index is 12.7. The molecule has 7 nitrogen and oxygen atoms in total. The van der Waals surface area contributed by atoms with Crippen molar-refractivity contribution < 1.29 is 23.9 Å². The van der Waals surface area contributed by atoms with Crippen LogP contribution in [0.3, 0.4) is 0 Å². The molecule has 1 aliphatic heterocycles. The van der Waals surface area contributed by atoms with Crippen LogP contribution in [0.4, 0.5) is 0 Å². The van der Waals surface area contributed by atoms with Crippen LogP contribution in [0.5, 0.6) is 5.75 Å². The molecule has 3 amide bonds. The zero-order valence-corrected chi connectivity index (χ0v) is 13.0. The monoisotopic (exact) mass is 318 g/mol. The maximum absolute atomic E-state index is 12.7. The average molecular weight is 318 g/mol. The first-order valence-electron chi connectivity index (χ1n) is 7.31. The smallest absolute Gasteiger partial charge is 0.255 e. The van der Waals surface area contributed by atoms with E-state index < -0.39 is 17.9 Å². The average Bonchev–Trinajstić information content (AvgIpc) is 2.53. The summed E-state index contributed by atoms with van der Waals surface area (Å²) in [5.41, 5.74) is 0.316. The molecule has 2 rings (SSSR count). The summed E-state index contributed by atoms with van der Waals surface area (Å²) in [5, 5.41) is 2.21. The molecule has 1 heterocycles. The number of amides is 3. The molecule has 0 aliphatic carbocycles. The summed E-state index contributed by atoms with van der Waals surface area (Å²) < 4.78 is 5.35. The number of likely N-dealkylation sites (N-methyl/N-ethyl adjacent to an activating group) is 1. The van der Waals surface area contributed by atoms with Crippen molar-refractivity contribution in [3.05, 3.63) is 29.3 Å². The van der Waals surface area contributed by atoms with Gasteiger partial charge in [0.05, 0.1) is 17.7 Å². The van der Waals surface area contributed by atoms with Gasteiger partial charge in [0.2, 0.25) is 11.8 Å². The molecule has 1 fully saturated rings. The highest BCUT2D eigenvalue weighted by molar-refractivity contribution is 6.06. The van der Waals surface area contributed by atoms with Gasteiger partial charge in [-0.3, -0.25) is 24.5 Å². The van der Waals surface area contributed by atoms with Crippen molar-refractivity contribution in [1.82, 2.24) is 10.2 Å². The molecule has 1 aliphatic rings. The molecule has 7 heteroatoms. The van der Waals surface area contributed by atoms with Crippen LogP contribution in [-0.4, -0.2) is 48.6 Å². The Bertz CT molecular complexity index is 656. The Labute approximate surface area is 133 Å². The lowest BCUT2D eigenvalue weighted by atomic mass is 10.0. The van der Waals surface area contributed by atoms with Crippen LogP contribution < -0.4 is 10.1 Å². The van der Waals surface area contributed by atoms with E-state index >= 15 is 0 Å². The summed E-state index contributed by atoms with van der Waals surface area (Å²) in [6.45, 7) is 2.14. The van der Waals surface area contributed by atoms with Crippen molar-refractivity contribution in [2.75, 3.05) is 13.7 Å². The van der Waals surface area contributed by atoms with Crippen LogP contribution in [0.15, 0.2) is 18.2 Å². The van der Waals surface area contributed by atoms with Gasteiger partial charge in [-0.1, -0.05) is 6.07 Å². The largest absolute Gasteiger partial charge is 0.493 e. The Morgan fingerprint density at radius 1 is 1.43 bits per heavy atom. The molecule has 1 unspecified atom stereocenters. The summed E-state index contributed by atoms with van der Waals surface area (Å²) in [6.07, 6.45) is 0.999. The lowest BCUT2D eigenvalue weighted by Gasteiger charge is -2.30. The van der Waals surface area contributed by atoms with Crippen molar-refractivity contribution in [3.63, 3.8) is 0 Å². The number of imide groups is 1. The molecule has 0 aromatic heterocycles. The third-order valence-electron chi connectivity index (χ3n) is 3.71. The van der Waals surface area contributed by atoms with Crippen LogP contribution in [-0.2, 0) is 9.59 Å². The number of nitrogens with one attached hydrogen (secondary N) is 1. The fourth-order valence-corrected chi connectivity index (χ4v) is 2.52. The van der Waals surface area contributed by atoms with Crippen LogP contribution in [0.2, 0.25) is 0 Å². The Hall–Kier alpha value is -2.70. The van der Waals surface area contributed by atoms with Gasteiger partial charge in [-0.15, -0.1) is 0 Å². The third kappa shape index (κ3) is 3.39. The van der Waals surface area contributed by atoms with Crippen LogP contribution >= 0.6 is 0 Å². The minimum Gasteiger partial charge on any atom is -0.493 e. The summed E-state index contributed by atoms with van der Waals surface area (Å²) in [5.74, 6) is -1.00. The van der Waals surface area contributed by atoms with E-state index in [0.717, 1.165) is 0 Å². The van der Waals surface area contributed by atoms with E-state index in [9.17, 15) is 19.2 Å². The van der Waals surface area contributed by atoms with E-state index in [1.54, 1.807) is 19.1 Å². The van der Waals surface area contributed by atoms with Gasteiger partial charge < -0.3 is 9.64 Å². The first-order chi connectivity index (χ1) is 11.0. The molecule has 0 spiro atoms. The Morgan fingerprint density at radius 2 is 2.17 bits per heavy atom. The number of ether oxygens (including phenoxy) is 1. The molecule has 1 N–H and O–H groups in total. The highest BCUT2D eigenvalue weighted by atomic mass is 16.5. The molecule has 1 aromatic rings. The zero-order valence-electron chi connectivity index (χ0n) is 13.0. The Kier molecular flexibility index (Phi) is 5.10. The first-order valence-corrected chi connectivity index (χ1v) is 7.31. The van der Waals surface area contributed by atoms with Gasteiger partial charge in [-0.05, 0) is 25.5 Å². The molecular formula is C16H18N2O5. The molecule has 0 saturated carbocycles. The van der Waals surface area contributed by atoms with Gasteiger partial charge in [0, 0.05) is 13.5 Å². The lowest BCUT2D eigenvalue weighted by Crippen LogP contribution is -2.53.